The minimum Gasteiger partial charge on any atom is -0.338 e. The highest BCUT2D eigenvalue weighted by Crippen LogP contribution is 2.27. The third kappa shape index (κ3) is 3.67. The van der Waals surface area contributed by atoms with Crippen LogP contribution in [0.2, 0.25) is 0 Å². The Balaban J connectivity index is 1.54. The van der Waals surface area contributed by atoms with E-state index >= 15 is 0 Å². The molecule has 1 saturated heterocycles. The van der Waals surface area contributed by atoms with E-state index in [4.69, 9.17) is 4.98 Å². The zero-order valence-electron chi connectivity index (χ0n) is 15.9. The molecule has 0 radical (unpaired) electrons. The van der Waals surface area contributed by atoms with Crippen molar-refractivity contribution in [1.29, 1.82) is 0 Å². The lowest BCUT2D eigenvalue weighted by atomic mass is 9.93. The molecule has 1 aliphatic heterocycles. The van der Waals surface area contributed by atoms with Crippen molar-refractivity contribution in [3.05, 3.63) is 77.8 Å². The topological polar surface area (TPSA) is 51.0 Å². The van der Waals surface area contributed by atoms with E-state index in [0.717, 1.165) is 36.6 Å². The number of piperidine rings is 1. The van der Waals surface area contributed by atoms with Crippen molar-refractivity contribution in [2.45, 2.75) is 32.1 Å². The molecule has 3 aromatic rings. The Hall–Kier alpha value is -3.02. The van der Waals surface area contributed by atoms with Gasteiger partial charge < -0.3 is 4.90 Å². The lowest BCUT2D eigenvalue weighted by Crippen LogP contribution is -2.39. The third-order valence-electron chi connectivity index (χ3n) is 5.25. The molecule has 1 fully saturated rings. The lowest BCUT2D eigenvalue weighted by molar-refractivity contribution is 0.0706. The Labute approximate surface area is 163 Å². The SMILES string of the molecule is CCc1nccn1-c1cccc(C2CCCN(C(=O)c3ccc(F)cc3)C2)n1. The molecule has 0 aliphatic carbocycles. The van der Waals surface area contributed by atoms with E-state index in [-0.39, 0.29) is 17.6 Å². The van der Waals surface area contributed by atoms with Crippen LogP contribution in [0.15, 0.2) is 54.9 Å². The summed E-state index contributed by atoms with van der Waals surface area (Å²) in [5.74, 6) is 1.63. The van der Waals surface area contributed by atoms with Crippen LogP contribution < -0.4 is 0 Å². The number of benzene rings is 1. The molecule has 3 heterocycles. The molecular formula is C22H23FN4O. The second-order valence-electron chi connectivity index (χ2n) is 7.08. The predicted octanol–water partition coefficient (Wildman–Crippen LogP) is 3.99. The van der Waals surface area contributed by atoms with Gasteiger partial charge in [-0.05, 0) is 49.2 Å². The second kappa shape index (κ2) is 7.92. The van der Waals surface area contributed by atoms with Crippen LogP contribution in [-0.2, 0) is 6.42 Å². The molecule has 1 atom stereocenters. The maximum absolute atomic E-state index is 13.1. The second-order valence-corrected chi connectivity index (χ2v) is 7.08. The Morgan fingerprint density at radius 3 is 2.82 bits per heavy atom. The Morgan fingerprint density at radius 1 is 1.21 bits per heavy atom. The van der Waals surface area contributed by atoms with Gasteiger partial charge in [-0.15, -0.1) is 0 Å². The average molecular weight is 378 g/mol. The van der Waals surface area contributed by atoms with Crippen LogP contribution >= 0.6 is 0 Å². The summed E-state index contributed by atoms with van der Waals surface area (Å²) in [6, 6.07) is 11.8. The summed E-state index contributed by atoms with van der Waals surface area (Å²) in [5.41, 5.74) is 1.51. The van der Waals surface area contributed by atoms with Gasteiger partial charge in [0.25, 0.3) is 5.91 Å². The van der Waals surface area contributed by atoms with E-state index in [0.29, 0.717) is 18.7 Å². The summed E-state index contributed by atoms with van der Waals surface area (Å²) >= 11 is 0. The Bertz CT molecular complexity index is 967. The molecule has 5 nitrogen and oxygen atoms in total. The van der Waals surface area contributed by atoms with Crippen LogP contribution in [0.1, 0.15) is 47.6 Å². The number of aryl methyl sites for hydroxylation is 1. The van der Waals surface area contributed by atoms with Gasteiger partial charge in [-0.3, -0.25) is 9.36 Å². The van der Waals surface area contributed by atoms with Crippen molar-refractivity contribution in [3.63, 3.8) is 0 Å². The van der Waals surface area contributed by atoms with E-state index in [1.807, 2.05) is 33.9 Å². The number of hydrogen-bond acceptors (Lipinski definition) is 3. The molecule has 1 unspecified atom stereocenters. The molecule has 1 amide bonds. The van der Waals surface area contributed by atoms with Gasteiger partial charge in [-0.2, -0.15) is 0 Å². The number of carbonyl (C=O) groups excluding carboxylic acids is 1. The molecule has 0 N–H and O–H groups in total. The molecule has 6 heteroatoms. The fraction of sp³-hybridized carbons (Fsp3) is 0.318. The van der Waals surface area contributed by atoms with Gasteiger partial charge in [0.05, 0.1) is 0 Å². The summed E-state index contributed by atoms with van der Waals surface area (Å²) in [6.07, 6.45) is 6.47. The van der Waals surface area contributed by atoms with Crippen molar-refractivity contribution in [3.8, 4) is 5.82 Å². The number of nitrogens with zero attached hydrogens (tertiary/aromatic N) is 4. The van der Waals surface area contributed by atoms with Gasteiger partial charge in [0.2, 0.25) is 0 Å². The van der Waals surface area contributed by atoms with Crippen LogP contribution in [0.4, 0.5) is 4.39 Å². The first-order valence-corrected chi connectivity index (χ1v) is 9.70. The van der Waals surface area contributed by atoms with Crippen LogP contribution in [0.25, 0.3) is 5.82 Å². The molecule has 1 aromatic carbocycles. The number of imidazole rings is 1. The van der Waals surface area contributed by atoms with Crippen LogP contribution in [-0.4, -0.2) is 38.4 Å². The van der Waals surface area contributed by atoms with Gasteiger partial charge >= 0.3 is 0 Å². The highest BCUT2D eigenvalue weighted by Gasteiger charge is 2.26. The van der Waals surface area contributed by atoms with Gasteiger partial charge in [0.1, 0.15) is 17.5 Å². The van der Waals surface area contributed by atoms with Crippen molar-refractivity contribution >= 4 is 5.91 Å². The number of pyridine rings is 1. The maximum Gasteiger partial charge on any atom is 0.253 e. The summed E-state index contributed by atoms with van der Waals surface area (Å²) in [4.78, 5) is 23.9. The number of carbonyl (C=O) groups is 1. The Kier molecular flexibility index (Phi) is 5.19. The summed E-state index contributed by atoms with van der Waals surface area (Å²) in [7, 11) is 0. The molecule has 2 aromatic heterocycles. The molecule has 144 valence electrons. The average Bonchev–Trinajstić information content (AvgIpc) is 3.23. The van der Waals surface area contributed by atoms with Crippen molar-refractivity contribution in [2.24, 2.45) is 0 Å². The molecular weight excluding hydrogens is 355 g/mol. The minimum absolute atomic E-state index is 0.0521. The normalized spacial score (nSPS) is 16.9. The molecule has 0 spiro atoms. The van der Waals surface area contributed by atoms with Gasteiger partial charge in [0, 0.05) is 49.1 Å². The van der Waals surface area contributed by atoms with Crippen molar-refractivity contribution in [2.75, 3.05) is 13.1 Å². The number of hydrogen-bond donors (Lipinski definition) is 0. The number of halogens is 1. The zero-order valence-corrected chi connectivity index (χ0v) is 15.9. The molecule has 28 heavy (non-hydrogen) atoms. The summed E-state index contributed by atoms with van der Waals surface area (Å²) < 4.78 is 15.2. The highest BCUT2D eigenvalue weighted by molar-refractivity contribution is 5.94. The summed E-state index contributed by atoms with van der Waals surface area (Å²) in [5, 5.41) is 0. The summed E-state index contributed by atoms with van der Waals surface area (Å²) in [6.45, 7) is 3.41. The third-order valence-corrected chi connectivity index (χ3v) is 5.25. The smallest absolute Gasteiger partial charge is 0.253 e. The number of aromatic nitrogens is 3. The largest absolute Gasteiger partial charge is 0.338 e. The standard InChI is InChI=1S/C22H23FN4O/c1-2-20-24-12-14-27(20)21-7-3-6-19(25-21)17-5-4-13-26(15-17)22(28)16-8-10-18(23)11-9-16/h3,6-12,14,17H,2,4-5,13,15H2,1H3. The number of rotatable bonds is 4. The fourth-order valence-electron chi connectivity index (χ4n) is 3.78. The zero-order chi connectivity index (χ0) is 19.5. The first-order chi connectivity index (χ1) is 13.7. The monoisotopic (exact) mass is 378 g/mol. The first-order valence-electron chi connectivity index (χ1n) is 9.70. The molecule has 4 rings (SSSR count). The fourth-order valence-corrected chi connectivity index (χ4v) is 3.78. The molecule has 1 aliphatic rings. The highest BCUT2D eigenvalue weighted by atomic mass is 19.1. The minimum atomic E-state index is -0.333. The maximum atomic E-state index is 13.1. The Morgan fingerprint density at radius 2 is 2.04 bits per heavy atom. The van der Waals surface area contributed by atoms with Crippen LogP contribution in [0.5, 0.6) is 0 Å². The van der Waals surface area contributed by atoms with Gasteiger partial charge in [-0.25, -0.2) is 14.4 Å². The number of likely N-dealkylation sites (tertiary alicyclic amines) is 1. The van der Waals surface area contributed by atoms with Gasteiger partial charge in [-0.1, -0.05) is 13.0 Å². The predicted molar refractivity (Wildman–Crippen MR) is 105 cm³/mol. The lowest BCUT2D eigenvalue weighted by Gasteiger charge is -2.32. The van der Waals surface area contributed by atoms with Gasteiger partial charge in [0.15, 0.2) is 0 Å². The van der Waals surface area contributed by atoms with E-state index in [2.05, 4.69) is 11.9 Å². The van der Waals surface area contributed by atoms with E-state index < -0.39 is 0 Å². The van der Waals surface area contributed by atoms with Crippen LogP contribution in [0, 0.1) is 5.82 Å². The molecule has 0 saturated carbocycles. The van der Waals surface area contributed by atoms with E-state index in [9.17, 15) is 9.18 Å². The molecule has 0 bridgehead atoms. The van der Waals surface area contributed by atoms with E-state index in [1.165, 1.54) is 12.1 Å². The van der Waals surface area contributed by atoms with Crippen molar-refractivity contribution in [1.82, 2.24) is 19.4 Å². The quantitative estimate of drug-likeness (QED) is 0.690. The van der Waals surface area contributed by atoms with Crippen molar-refractivity contribution < 1.29 is 9.18 Å². The van der Waals surface area contributed by atoms with Crippen LogP contribution in [0.3, 0.4) is 0 Å². The first kappa shape index (κ1) is 18.3. The van der Waals surface area contributed by atoms with E-state index in [1.54, 1.807) is 18.3 Å². The number of amides is 1.